The molecule has 0 aromatic rings. The van der Waals surface area contributed by atoms with Gasteiger partial charge in [-0.1, -0.05) is 26.3 Å². The largest absolute Gasteiger partial charge is 0.498 e. The van der Waals surface area contributed by atoms with Crippen LogP contribution in [0.3, 0.4) is 0 Å². The molecule has 0 aliphatic heterocycles. The maximum Gasteiger partial charge on any atom is 0.0965 e. The van der Waals surface area contributed by atoms with Crippen molar-refractivity contribution in [1.29, 1.82) is 0 Å². The van der Waals surface area contributed by atoms with Crippen LogP contribution in [-0.4, -0.2) is 33.1 Å². The average Bonchev–Trinajstić information content (AvgIpc) is 2.92. The highest BCUT2D eigenvalue weighted by Gasteiger charge is 2.69. The molecule has 2 N–H and O–H groups in total. The molecule has 0 amide bonds. The number of fused-ring (bicyclic) bond motifs is 5. The molecule has 3 saturated carbocycles. The molecular weight excluding hydrogens is 424 g/mol. The fraction of sp³-hybridized carbons (Fsp3) is 0.846. The summed E-state index contributed by atoms with van der Waals surface area (Å²) in [7, 11) is 0. The third-order valence-electron chi connectivity index (χ3n) is 10.8. The van der Waals surface area contributed by atoms with Gasteiger partial charge in [0.2, 0.25) is 0 Å². The lowest BCUT2D eigenvalue weighted by Crippen LogP contribution is -2.64. The van der Waals surface area contributed by atoms with Gasteiger partial charge in [-0.25, -0.2) is 0 Å². The molecule has 0 aromatic heterocycles. The Balaban J connectivity index is 1.62. The third kappa shape index (κ3) is 2.82. The van der Waals surface area contributed by atoms with Crippen LogP contribution in [0.4, 0.5) is 0 Å². The van der Waals surface area contributed by atoms with E-state index >= 15 is 0 Å². The minimum Gasteiger partial charge on any atom is -0.498 e. The number of rotatable bonds is 4. The van der Waals surface area contributed by atoms with Crippen molar-refractivity contribution in [2.45, 2.75) is 94.8 Å². The summed E-state index contributed by atoms with van der Waals surface area (Å²) in [6.07, 6.45) is 13.2. The van der Waals surface area contributed by atoms with E-state index in [0.717, 1.165) is 44.3 Å². The van der Waals surface area contributed by atoms with Crippen LogP contribution in [0.2, 0.25) is 0 Å². The van der Waals surface area contributed by atoms with Gasteiger partial charge in [-0.05, 0) is 92.1 Å². The summed E-state index contributed by atoms with van der Waals surface area (Å²) in [4.78, 5) is 0. The van der Waals surface area contributed by atoms with E-state index in [1.807, 2.05) is 0 Å². The fourth-order valence-corrected chi connectivity index (χ4v) is 9.65. The van der Waals surface area contributed by atoms with Crippen molar-refractivity contribution in [2.24, 2.45) is 34.0 Å². The molecule has 3 fully saturated rings. The molecule has 0 aromatic carbocycles. The van der Waals surface area contributed by atoms with Gasteiger partial charge >= 0.3 is 0 Å². The highest BCUT2D eigenvalue weighted by atomic mass is 32.2. The molecule has 5 rings (SSSR count). The zero-order chi connectivity index (χ0) is 22.2. The Morgan fingerprint density at radius 1 is 1.13 bits per heavy atom. The number of aliphatic hydroxyl groups excluding tert-OH is 1. The Hall–Kier alpha value is -0.100. The number of aliphatic hydroxyl groups is 2. The Morgan fingerprint density at radius 3 is 2.48 bits per heavy atom. The summed E-state index contributed by atoms with van der Waals surface area (Å²) in [5, 5.41) is 22.9. The summed E-state index contributed by atoms with van der Waals surface area (Å²) in [6.45, 7) is 7.37. The molecule has 5 aliphatic carbocycles. The van der Waals surface area contributed by atoms with Gasteiger partial charge in [0.1, 0.15) is 0 Å². The van der Waals surface area contributed by atoms with E-state index in [1.54, 1.807) is 0 Å². The number of thiol groups is 2. The highest BCUT2D eigenvalue weighted by molar-refractivity contribution is 7.99. The lowest BCUT2D eigenvalue weighted by atomic mass is 9.41. The summed E-state index contributed by atoms with van der Waals surface area (Å²) in [6, 6.07) is 0. The maximum atomic E-state index is 12.1. The molecule has 0 bridgehead atoms. The van der Waals surface area contributed by atoms with Gasteiger partial charge in [-0.15, -0.1) is 0 Å². The van der Waals surface area contributed by atoms with Crippen LogP contribution in [0.15, 0.2) is 23.5 Å². The van der Waals surface area contributed by atoms with Crippen LogP contribution < -0.4 is 0 Å². The maximum absolute atomic E-state index is 12.1. The van der Waals surface area contributed by atoms with E-state index in [9.17, 15) is 10.2 Å². The smallest absolute Gasteiger partial charge is 0.0965 e. The van der Waals surface area contributed by atoms with Crippen molar-refractivity contribution in [3.8, 4) is 0 Å². The predicted molar refractivity (Wildman–Crippen MR) is 131 cm³/mol. The van der Waals surface area contributed by atoms with Crippen LogP contribution in [-0.2, 0) is 4.74 Å². The predicted octanol–water partition coefficient (Wildman–Crippen LogP) is 5.54. The Kier molecular flexibility index (Phi) is 5.45. The second-order valence-corrected chi connectivity index (χ2v) is 13.0. The van der Waals surface area contributed by atoms with Crippen molar-refractivity contribution in [1.82, 2.24) is 0 Å². The first-order valence-electron chi connectivity index (χ1n) is 12.4. The van der Waals surface area contributed by atoms with Crippen LogP contribution in [0, 0.1) is 34.0 Å². The zero-order valence-corrected chi connectivity index (χ0v) is 21.1. The summed E-state index contributed by atoms with van der Waals surface area (Å²) in [5.74, 6) is 2.15. The first kappa shape index (κ1) is 22.7. The molecular formula is C26H40O3S2. The van der Waals surface area contributed by atoms with Crippen molar-refractivity contribution in [2.75, 3.05) is 6.61 Å². The lowest BCUT2D eigenvalue weighted by Gasteiger charge is -2.65. The van der Waals surface area contributed by atoms with E-state index in [-0.39, 0.29) is 32.8 Å². The van der Waals surface area contributed by atoms with Crippen molar-refractivity contribution in [3.05, 3.63) is 23.5 Å². The third-order valence-corrected chi connectivity index (χ3v) is 11.9. The van der Waals surface area contributed by atoms with Crippen molar-refractivity contribution in [3.63, 3.8) is 0 Å². The normalized spacial score (nSPS) is 48.1. The van der Waals surface area contributed by atoms with Gasteiger partial charge in [0.05, 0.1) is 28.7 Å². The summed E-state index contributed by atoms with van der Waals surface area (Å²) < 4.78 is 6.15. The average molecular weight is 465 g/mol. The van der Waals surface area contributed by atoms with E-state index in [1.165, 1.54) is 24.8 Å². The second-order valence-electron chi connectivity index (χ2n) is 11.6. The molecule has 0 saturated heterocycles. The minimum absolute atomic E-state index is 0.0156. The first-order chi connectivity index (χ1) is 14.6. The van der Waals surface area contributed by atoms with E-state index in [0.29, 0.717) is 18.4 Å². The fourth-order valence-electron chi connectivity index (χ4n) is 8.77. The van der Waals surface area contributed by atoms with E-state index in [2.05, 4.69) is 32.9 Å². The first-order valence-corrected chi connectivity index (χ1v) is 13.5. The minimum atomic E-state index is -0.775. The number of hydrogen-bond donors (Lipinski definition) is 4. The summed E-state index contributed by atoms with van der Waals surface area (Å²) in [5.41, 5.74) is 0.349. The van der Waals surface area contributed by atoms with Gasteiger partial charge < -0.3 is 14.9 Å². The Bertz CT molecular complexity index is 802. The van der Waals surface area contributed by atoms with E-state index < -0.39 is 5.60 Å². The van der Waals surface area contributed by atoms with Crippen LogP contribution >= 0.6 is 25.3 Å². The van der Waals surface area contributed by atoms with Gasteiger partial charge in [0.25, 0.3) is 0 Å². The number of allylic oxidation sites excluding steroid dienone is 4. The lowest BCUT2D eigenvalue weighted by molar-refractivity contribution is -0.198. The molecule has 0 radical (unpaired) electrons. The molecule has 31 heavy (non-hydrogen) atoms. The Labute approximate surface area is 198 Å². The molecule has 0 spiro atoms. The van der Waals surface area contributed by atoms with Crippen LogP contribution in [0.25, 0.3) is 0 Å². The molecule has 5 aliphatic rings. The van der Waals surface area contributed by atoms with Crippen molar-refractivity contribution < 1.29 is 14.9 Å². The molecule has 0 heterocycles. The van der Waals surface area contributed by atoms with Crippen molar-refractivity contribution >= 4 is 25.3 Å². The summed E-state index contributed by atoms with van der Waals surface area (Å²) >= 11 is 9.84. The molecule has 7 atom stereocenters. The highest BCUT2D eigenvalue weighted by Crippen LogP contribution is 2.71. The van der Waals surface area contributed by atoms with Gasteiger partial charge in [-0.2, -0.15) is 25.3 Å². The monoisotopic (exact) mass is 464 g/mol. The van der Waals surface area contributed by atoms with Gasteiger partial charge in [0.15, 0.2) is 0 Å². The zero-order valence-electron chi connectivity index (χ0n) is 19.3. The number of ether oxygens (including phenoxy) is 1. The second kappa shape index (κ2) is 7.45. The molecule has 1 unspecified atom stereocenters. The quantitative estimate of drug-likeness (QED) is 0.326. The topological polar surface area (TPSA) is 49.7 Å². The van der Waals surface area contributed by atoms with Crippen LogP contribution in [0.5, 0.6) is 0 Å². The SMILES string of the molecule is CCOC1=CC2=CC[C@@H]3[C@H](CC[C@]4(C)[C@@H](O)CC[C@@]34O)[C@@]2(C)C(C2(C(S)S)CCC2)C1. The molecule has 3 nitrogen and oxygen atoms in total. The van der Waals surface area contributed by atoms with Crippen LogP contribution in [0.1, 0.15) is 78.6 Å². The standard InChI is InChI=1S/C26H40O3S2/c1-4-29-17-14-16-6-7-19-18(8-12-23(2)21(27)9-13-26(19,23)28)24(16,3)20(15-17)25(22(30)31)10-5-11-25/h6,14,18-22,27-28,30-31H,4-5,7-13,15H2,1-3H3/t18-,19+,20?,21-,23+,24-,26+/m0/s1. The van der Waals surface area contributed by atoms with Gasteiger partial charge in [0, 0.05) is 11.8 Å². The number of hydrogen-bond acceptors (Lipinski definition) is 5. The molecule has 5 heteroatoms. The van der Waals surface area contributed by atoms with Gasteiger partial charge in [-0.3, -0.25) is 0 Å². The van der Waals surface area contributed by atoms with E-state index in [4.69, 9.17) is 30.0 Å². The Morgan fingerprint density at radius 2 is 1.87 bits per heavy atom. The molecule has 174 valence electrons.